The number of rotatable bonds is 5. The van der Waals surface area contributed by atoms with Gasteiger partial charge >= 0.3 is 0 Å². The van der Waals surface area contributed by atoms with E-state index in [1.807, 2.05) is 6.92 Å². The van der Waals surface area contributed by atoms with Crippen LogP contribution in [0.2, 0.25) is 0 Å². The Morgan fingerprint density at radius 2 is 1.95 bits per heavy atom. The van der Waals surface area contributed by atoms with Gasteiger partial charge in [0, 0.05) is 17.5 Å². The molecule has 0 radical (unpaired) electrons. The zero-order chi connectivity index (χ0) is 13.8. The lowest BCUT2D eigenvalue weighted by atomic mass is 10.1. The maximum absolute atomic E-state index is 13.1. The Morgan fingerprint density at radius 1 is 1.26 bits per heavy atom. The fraction of sp³-hybridized carbons (Fsp3) is 0.385. The molecule has 1 aromatic carbocycles. The number of nitrogens with two attached hydrogens (primary N) is 1. The molecule has 1 aromatic heterocycles. The summed E-state index contributed by atoms with van der Waals surface area (Å²) in [7, 11) is 0. The minimum atomic E-state index is -0.669. The Hall–Kier alpha value is -1.82. The minimum Gasteiger partial charge on any atom is -0.339 e. The molecule has 0 amide bonds. The van der Waals surface area contributed by atoms with Crippen LogP contribution in [0.4, 0.5) is 8.78 Å². The first kappa shape index (κ1) is 13.6. The summed E-state index contributed by atoms with van der Waals surface area (Å²) in [5.74, 6) is -0.626. The largest absolute Gasteiger partial charge is 0.339 e. The number of hydrogen-bond acceptors (Lipinski definition) is 4. The fourth-order valence-electron chi connectivity index (χ4n) is 1.78. The molecule has 2 aromatic rings. The van der Waals surface area contributed by atoms with Crippen molar-refractivity contribution in [2.75, 3.05) is 6.54 Å². The highest BCUT2D eigenvalue weighted by Gasteiger charge is 2.15. The lowest BCUT2D eigenvalue weighted by Gasteiger charge is -2.03. The van der Waals surface area contributed by atoms with Gasteiger partial charge in [0.05, 0.1) is 0 Å². The van der Waals surface area contributed by atoms with E-state index in [1.165, 1.54) is 12.1 Å². The van der Waals surface area contributed by atoms with Crippen LogP contribution in [0, 0.1) is 11.6 Å². The van der Waals surface area contributed by atoms with Gasteiger partial charge in [-0.1, -0.05) is 12.1 Å². The fourth-order valence-corrected chi connectivity index (χ4v) is 1.78. The summed E-state index contributed by atoms with van der Waals surface area (Å²) in [6, 6.07) is 3.14. The molecule has 6 heteroatoms. The van der Waals surface area contributed by atoms with E-state index in [0.717, 1.165) is 18.9 Å². The highest BCUT2D eigenvalue weighted by molar-refractivity contribution is 5.54. The number of hydrogen-bond donors (Lipinski definition) is 1. The molecule has 1 atom stereocenters. The quantitative estimate of drug-likeness (QED) is 0.904. The summed E-state index contributed by atoms with van der Waals surface area (Å²) in [5.41, 5.74) is 5.70. The SMILES string of the molecule is CC(CCCN)c1nc(-c2cc(F)cc(F)c2)no1. The second kappa shape index (κ2) is 5.88. The molecule has 0 saturated heterocycles. The van der Waals surface area contributed by atoms with Gasteiger partial charge in [-0.05, 0) is 31.5 Å². The molecule has 1 unspecified atom stereocenters. The summed E-state index contributed by atoms with van der Waals surface area (Å²) in [4.78, 5) is 4.16. The van der Waals surface area contributed by atoms with Crippen LogP contribution >= 0.6 is 0 Å². The Bertz CT molecular complexity index is 536. The van der Waals surface area contributed by atoms with Gasteiger partial charge in [-0.2, -0.15) is 4.98 Å². The molecule has 0 saturated carbocycles. The molecule has 2 N–H and O–H groups in total. The van der Waals surface area contributed by atoms with E-state index in [2.05, 4.69) is 10.1 Å². The first-order valence-electron chi connectivity index (χ1n) is 6.10. The maximum atomic E-state index is 13.1. The average molecular weight is 267 g/mol. The predicted molar refractivity (Wildman–Crippen MR) is 66.4 cm³/mol. The Labute approximate surface area is 109 Å². The third kappa shape index (κ3) is 3.35. The highest BCUT2D eigenvalue weighted by atomic mass is 19.1. The predicted octanol–water partition coefficient (Wildman–Crippen LogP) is 2.86. The van der Waals surface area contributed by atoms with Crippen molar-refractivity contribution in [3.05, 3.63) is 35.7 Å². The standard InChI is InChI=1S/C13H15F2N3O/c1-8(3-2-4-16)13-17-12(18-19-13)9-5-10(14)7-11(15)6-9/h5-8H,2-4,16H2,1H3. The van der Waals surface area contributed by atoms with Crippen molar-refractivity contribution >= 4 is 0 Å². The molecule has 0 aliphatic heterocycles. The molecular weight excluding hydrogens is 252 g/mol. The normalized spacial score (nSPS) is 12.6. The van der Waals surface area contributed by atoms with Gasteiger partial charge in [0.1, 0.15) is 11.6 Å². The van der Waals surface area contributed by atoms with E-state index < -0.39 is 11.6 Å². The number of nitrogens with zero attached hydrogens (tertiary/aromatic N) is 2. The number of benzene rings is 1. The number of aromatic nitrogens is 2. The molecule has 2 rings (SSSR count). The summed E-state index contributed by atoms with van der Waals surface area (Å²) < 4.78 is 31.3. The molecular formula is C13H15F2N3O. The number of halogens is 2. The molecule has 19 heavy (non-hydrogen) atoms. The topological polar surface area (TPSA) is 64.9 Å². The van der Waals surface area contributed by atoms with Crippen molar-refractivity contribution in [3.8, 4) is 11.4 Å². The van der Waals surface area contributed by atoms with Crippen LogP contribution in [0.25, 0.3) is 11.4 Å². The van der Waals surface area contributed by atoms with Crippen LogP contribution in [0.1, 0.15) is 31.6 Å². The van der Waals surface area contributed by atoms with E-state index in [1.54, 1.807) is 0 Å². The first-order chi connectivity index (χ1) is 9.10. The van der Waals surface area contributed by atoms with Crippen LogP contribution in [-0.4, -0.2) is 16.7 Å². The molecule has 0 spiro atoms. The Kier molecular flexibility index (Phi) is 4.21. The smallest absolute Gasteiger partial charge is 0.229 e. The van der Waals surface area contributed by atoms with Gasteiger partial charge in [-0.15, -0.1) is 0 Å². The molecule has 0 aliphatic carbocycles. The van der Waals surface area contributed by atoms with Crippen LogP contribution in [-0.2, 0) is 0 Å². The van der Waals surface area contributed by atoms with Gasteiger partial charge in [-0.3, -0.25) is 0 Å². The molecule has 1 heterocycles. The average Bonchev–Trinajstić information content (AvgIpc) is 2.84. The van der Waals surface area contributed by atoms with Crippen molar-refractivity contribution in [2.45, 2.75) is 25.7 Å². The molecule has 4 nitrogen and oxygen atoms in total. The van der Waals surface area contributed by atoms with E-state index >= 15 is 0 Å². The van der Waals surface area contributed by atoms with Crippen LogP contribution in [0.5, 0.6) is 0 Å². The lowest BCUT2D eigenvalue weighted by molar-refractivity contribution is 0.352. The van der Waals surface area contributed by atoms with E-state index in [-0.39, 0.29) is 17.3 Å². The minimum absolute atomic E-state index is 0.0724. The second-order valence-corrected chi connectivity index (χ2v) is 4.45. The van der Waals surface area contributed by atoms with E-state index in [4.69, 9.17) is 10.3 Å². The monoisotopic (exact) mass is 267 g/mol. The van der Waals surface area contributed by atoms with Crippen LogP contribution in [0.3, 0.4) is 0 Å². The lowest BCUT2D eigenvalue weighted by Crippen LogP contribution is -2.02. The van der Waals surface area contributed by atoms with Gasteiger partial charge in [-0.25, -0.2) is 8.78 Å². The second-order valence-electron chi connectivity index (χ2n) is 4.45. The van der Waals surface area contributed by atoms with Crippen LogP contribution in [0.15, 0.2) is 22.7 Å². The van der Waals surface area contributed by atoms with E-state index in [0.29, 0.717) is 12.4 Å². The zero-order valence-corrected chi connectivity index (χ0v) is 10.6. The molecule has 0 fully saturated rings. The van der Waals surface area contributed by atoms with Crippen molar-refractivity contribution in [1.82, 2.24) is 10.1 Å². The summed E-state index contributed by atoms with van der Waals surface area (Å²) >= 11 is 0. The molecule has 102 valence electrons. The Balaban J connectivity index is 2.20. The van der Waals surface area contributed by atoms with Crippen molar-refractivity contribution < 1.29 is 13.3 Å². The van der Waals surface area contributed by atoms with E-state index in [9.17, 15) is 8.78 Å². The van der Waals surface area contributed by atoms with Crippen LogP contribution < -0.4 is 5.73 Å². The van der Waals surface area contributed by atoms with Gasteiger partial charge in [0.15, 0.2) is 0 Å². The highest BCUT2D eigenvalue weighted by Crippen LogP contribution is 2.23. The Morgan fingerprint density at radius 3 is 2.58 bits per heavy atom. The summed E-state index contributed by atoms with van der Waals surface area (Å²) in [5, 5.41) is 3.75. The first-order valence-corrected chi connectivity index (χ1v) is 6.10. The summed E-state index contributed by atoms with van der Waals surface area (Å²) in [6.45, 7) is 2.54. The molecule has 0 bridgehead atoms. The summed E-state index contributed by atoms with van der Waals surface area (Å²) in [6.07, 6.45) is 1.68. The maximum Gasteiger partial charge on any atom is 0.229 e. The van der Waals surface area contributed by atoms with Gasteiger partial charge in [0.25, 0.3) is 0 Å². The van der Waals surface area contributed by atoms with Gasteiger partial charge in [0.2, 0.25) is 11.7 Å². The van der Waals surface area contributed by atoms with Crippen molar-refractivity contribution in [3.63, 3.8) is 0 Å². The zero-order valence-electron chi connectivity index (χ0n) is 10.6. The van der Waals surface area contributed by atoms with Crippen molar-refractivity contribution in [1.29, 1.82) is 0 Å². The molecule has 0 aliphatic rings. The van der Waals surface area contributed by atoms with Gasteiger partial charge < -0.3 is 10.3 Å². The third-order valence-corrected chi connectivity index (χ3v) is 2.83. The van der Waals surface area contributed by atoms with Crippen molar-refractivity contribution in [2.24, 2.45) is 5.73 Å². The third-order valence-electron chi connectivity index (χ3n) is 2.83.